The molecule has 1 heterocycles. The first kappa shape index (κ1) is 18.3. The molecule has 0 aliphatic rings. The van der Waals surface area contributed by atoms with Crippen LogP contribution in [0.2, 0.25) is 0 Å². The lowest BCUT2D eigenvalue weighted by Crippen LogP contribution is -2.40. The summed E-state index contributed by atoms with van der Waals surface area (Å²) in [5.74, 6) is 2.18. The molecule has 0 aliphatic carbocycles. The van der Waals surface area contributed by atoms with E-state index in [2.05, 4.69) is 57.0 Å². The minimum absolute atomic E-state index is 0.451. The van der Waals surface area contributed by atoms with E-state index in [0.717, 1.165) is 31.9 Å². The molecule has 6 nitrogen and oxygen atoms in total. The molecule has 2 N–H and O–H groups in total. The number of hydrogen-bond donors (Lipinski definition) is 2. The van der Waals surface area contributed by atoms with Gasteiger partial charge in [-0.1, -0.05) is 30.3 Å². The quantitative estimate of drug-likeness (QED) is 0.331. The molecule has 0 aliphatic heterocycles. The van der Waals surface area contributed by atoms with Crippen LogP contribution in [0.4, 0.5) is 0 Å². The average molecular weight is 347 g/mol. The summed E-state index contributed by atoms with van der Waals surface area (Å²) in [6, 6.07) is 10.4. The largest absolute Gasteiger partial charge is 0.356 e. The molecule has 1 aromatic carbocycles. The topological polar surface area (TPSA) is 75.3 Å². The molecular formula is C17H25N5OS. The third-order valence-corrected chi connectivity index (χ3v) is 4.40. The van der Waals surface area contributed by atoms with Gasteiger partial charge in [0.25, 0.3) is 0 Å². The van der Waals surface area contributed by atoms with Crippen LogP contribution in [0.15, 0.2) is 44.7 Å². The van der Waals surface area contributed by atoms with E-state index in [4.69, 9.17) is 4.52 Å². The van der Waals surface area contributed by atoms with Gasteiger partial charge in [-0.05, 0) is 25.5 Å². The Morgan fingerprint density at radius 3 is 2.75 bits per heavy atom. The van der Waals surface area contributed by atoms with E-state index in [0.29, 0.717) is 17.0 Å². The summed E-state index contributed by atoms with van der Waals surface area (Å²) in [4.78, 5) is 9.72. The molecule has 0 saturated heterocycles. The predicted molar refractivity (Wildman–Crippen MR) is 98.5 cm³/mol. The Morgan fingerprint density at radius 2 is 2.08 bits per heavy atom. The van der Waals surface area contributed by atoms with Crippen molar-refractivity contribution in [1.29, 1.82) is 0 Å². The summed E-state index contributed by atoms with van der Waals surface area (Å²) < 4.78 is 5.10. The second kappa shape index (κ2) is 9.97. The Balaban J connectivity index is 1.63. The lowest BCUT2D eigenvalue weighted by molar-refractivity contribution is 0.372. The Bertz CT molecular complexity index is 629. The van der Waals surface area contributed by atoms with Crippen molar-refractivity contribution in [2.24, 2.45) is 4.99 Å². The maximum absolute atomic E-state index is 5.10. The molecular weight excluding hydrogens is 322 g/mol. The number of aryl methyl sites for hydroxylation is 2. The smallest absolute Gasteiger partial charge is 0.226 e. The number of guanidine groups is 1. The van der Waals surface area contributed by atoms with Gasteiger partial charge >= 0.3 is 0 Å². The fraction of sp³-hybridized carbons (Fsp3) is 0.471. The Kier molecular flexibility index (Phi) is 7.61. The summed E-state index contributed by atoms with van der Waals surface area (Å²) in [6.07, 6.45) is 1.68. The Labute approximate surface area is 147 Å². The number of aliphatic imine (C=N–C) groups is 1. The van der Waals surface area contributed by atoms with Gasteiger partial charge in [0.1, 0.15) is 0 Å². The average Bonchev–Trinajstić information content (AvgIpc) is 3.00. The maximum Gasteiger partial charge on any atom is 0.226 e. The van der Waals surface area contributed by atoms with Crippen molar-refractivity contribution in [3.8, 4) is 0 Å². The second-order valence-electron chi connectivity index (χ2n) is 5.46. The van der Waals surface area contributed by atoms with E-state index in [1.54, 1.807) is 7.05 Å². The van der Waals surface area contributed by atoms with Crippen LogP contribution in [0.3, 0.4) is 0 Å². The van der Waals surface area contributed by atoms with Gasteiger partial charge in [0.05, 0.1) is 0 Å². The summed E-state index contributed by atoms with van der Waals surface area (Å²) in [5.41, 5.74) is 0. The molecule has 2 aromatic rings. The van der Waals surface area contributed by atoms with Gasteiger partial charge in [0.2, 0.25) is 5.89 Å². The molecule has 1 unspecified atom stereocenters. The first-order valence-corrected chi connectivity index (χ1v) is 9.00. The van der Waals surface area contributed by atoms with Crippen LogP contribution in [0.25, 0.3) is 0 Å². The number of hydrogen-bond acceptors (Lipinski definition) is 5. The second-order valence-corrected chi connectivity index (χ2v) is 6.97. The Morgan fingerprint density at radius 1 is 1.29 bits per heavy atom. The van der Waals surface area contributed by atoms with Crippen molar-refractivity contribution in [2.75, 3.05) is 20.1 Å². The number of aromatic nitrogens is 2. The number of nitrogens with zero attached hydrogens (tertiary/aromatic N) is 3. The SMILES string of the molecule is CN=C(NCCCc1nc(C)no1)NCC(C)Sc1ccccc1. The normalized spacial score (nSPS) is 12.9. The predicted octanol–water partition coefficient (Wildman–Crippen LogP) is 2.66. The van der Waals surface area contributed by atoms with Crippen LogP contribution in [0, 0.1) is 6.92 Å². The zero-order valence-electron chi connectivity index (χ0n) is 14.5. The Hall–Kier alpha value is -2.02. The molecule has 130 valence electrons. The van der Waals surface area contributed by atoms with E-state index in [1.807, 2.05) is 24.8 Å². The summed E-state index contributed by atoms with van der Waals surface area (Å²) in [5, 5.41) is 10.9. The molecule has 0 spiro atoms. The highest BCUT2D eigenvalue weighted by Crippen LogP contribution is 2.21. The molecule has 0 amide bonds. The van der Waals surface area contributed by atoms with Gasteiger partial charge in [-0.15, -0.1) is 11.8 Å². The molecule has 24 heavy (non-hydrogen) atoms. The summed E-state index contributed by atoms with van der Waals surface area (Å²) in [6.45, 7) is 5.69. The standard InChI is InChI=1S/C17H25N5OS/c1-13(24-15-8-5-4-6-9-15)12-20-17(18-3)19-11-7-10-16-21-14(2)22-23-16/h4-6,8-9,13H,7,10-12H2,1-3H3,(H2,18,19,20). The lowest BCUT2D eigenvalue weighted by Gasteiger charge is -2.15. The van der Waals surface area contributed by atoms with Gasteiger partial charge in [0, 0.05) is 36.7 Å². The van der Waals surface area contributed by atoms with E-state index in [9.17, 15) is 0 Å². The molecule has 2 rings (SSSR count). The highest BCUT2D eigenvalue weighted by atomic mass is 32.2. The highest BCUT2D eigenvalue weighted by molar-refractivity contribution is 8.00. The van der Waals surface area contributed by atoms with Gasteiger partial charge in [-0.25, -0.2) is 0 Å². The third kappa shape index (κ3) is 6.62. The summed E-state index contributed by atoms with van der Waals surface area (Å²) in [7, 11) is 1.78. The molecule has 0 bridgehead atoms. The first-order chi connectivity index (χ1) is 11.7. The van der Waals surface area contributed by atoms with Crippen LogP contribution >= 0.6 is 11.8 Å². The number of nitrogens with one attached hydrogen (secondary N) is 2. The minimum atomic E-state index is 0.451. The van der Waals surface area contributed by atoms with Crippen molar-refractivity contribution in [3.63, 3.8) is 0 Å². The molecule has 7 heteroatoms. The first-order valence-electron chi connectivity index (χ1n) is 8.13. The number of rotatable bonds is 8. The van der Waals surface area contributed by atoms with Crippen molar-refractivity contribution in [1.82, 2.24) is 20.8 Å². The van der Waals surface area contributed by atoms with Gasteiger partial charge in [-0.3, -0.25) is 4.99 Å². The van der Waals surface area contributed by atoms with E-state index >= 15 is 0 Å². The van der Waals surface area contributed by atoms with E-state index in [-0.39, 0.29) is 0 Å². The highest BCUT2D eigenvalue weighted by Gasteiger charge is 2.06. The number of benzene rings is 1. The van der Waals surface area contributed by atoms with Crippen LogP contribution < -0.4 is 10.6 Å². The number of thioether (sulfide) groups is 1. The van der Waals surface area contributed by atoms with Crippen LogP contribution in [0.1, 0.15) is 25.1 Å². The fourth-order valence-electron chi connectivity index (χ4n) is 2.12. The molecule has 0 fully saturated rings. The van der Waals surface area contributed by atoms with E-state index in [1.165, 1.54) is 4.90 Å². The molecule has 0 saturated carbocycles. The fourth-order valence-corrected chi connectivity index (χ4v) is 3.07. The van der Waals surface area contributed by atoms with Crippen molar-refractivity contribution < 1.29 is 4.52 Å². The minimum Gasteiger partial charge on any atom is -0.356 e. The van der Waals surface area contributed by atoms with Crippen molar-refractivity contribution >= 4 is 17.7 Å². The van der Waals surface area contributed by atoms with E-state index < -0.39 is 0 Å². The summed E-state index contributed by atoms with van der Waals surface area (Å²) >= 11 is 1.85. The van der Waals surface area contributed by atoms with Crippen molar-refractivity contribution in [3.05, 3.63) is 42.0 Å². The van der Waals surface area contributed by atoms with Gasteiger partial charge < -0.3 is 15.2 Å². The molecule has 0 radical (unpaired) electrons. The van der Waals surface area contributed by atoms with Crippen LogP contribution in [0.5, 0.6) is 0 Å². The lowest BCUT2D eigenvalue weighted by atomic mass is 10.3. The monoisotopic (exact) mass is 347 g/mol. The van der Waals surface area contributed by atoms with Crippen LogP contribution in [-0.4, -0.2) is 41.5 Å². The third-order valence-electron chi connectivity index (χ3n) is 3.29. The maximum atomic E-state index is 5.10. The zero-order valence-corrected chi connectivity index (χ0v) is 15.3. The molecule has 1 atom stereocenters. The van der Waals surface area contributed by atoms with Gasteiger partial charge in [0.15, 0.2) is 11.8 Å². The zero-order chi connectivity index (χ0) is 17.2. The molecule has 1 aromatic heterocycles. The van der Waals surface area contributed by atoms with Gasteiger partial charge in [-0.2, -0.15) is 4.98 Å². The van der Waals surface area contributed by atoms with Crippen LogP contribution in [-0.2, 0) is 6.42 Å². The van der Waals surface area contributed by atoms with Crippen molar-refractivity contribution in [2.45, 2.75) is 36.8 Å².